The quantitative estimate of drug-likeness (QED) is 0.875. The molecule has 20 heavy (non-hydrogen) atoms. The van der Waals surface area contributed by atoms with Crippen molar-refractivity contribution in [3.05, 3.63) is 35.5 Å². The minimum atomic E-state index is -0.990. The highest BCUT2D eigenvalue weighted by Crippen LogP contribution is 2.22. The number of hydrogen-bond donors (Lipinski definition) is 2. The topological polar surface area (TPSA) is 73.4 Å². The number of carboxylic acid groups (broad SMARTS) is 1. The van der Waals surface area contributed by atoms with Gasteiger partial charge in [0.05, 0.1) is 6.42 Å². The third-order valence-corrected chi connectivity index (χ3v) is 3.40. The lowest BCUT2D eigenvalue weighted by Gasteiger charge is -2.18. The summed E-state index contributed by atoms with van der Waals surface area (Å²) in [6.45, 7) is 3.92. The van der Waals surface area contributed by atoms with Crippen molar-refractivity contribution in [1.82, 2.24) is 9.88 Å². The van der Waals surface area contributed by atoms with E-state index < -0.39 is 5.97 Å². The Morgan fingerprint density at radius 1 is 1.35 bits per heavy atom. The van der Waals surface area contributed by atoms with Crippen molar-refractivity contribution < 1.29 is 14.7 Å². The SMILES string of the molecule is CCN(CC(=O)O)C(=O)Cc1c[nH]c2cccc(C)c12. The van der Waals surface area contributed by atoms with E-state index in [1.54, 1.807) is 6.92 Å². The number of rotatable bonds is 5. The average Bonchev–Trinajstić information content (AvgIpc) is 2.80. The van der Waals surface area contributed by atoms with Crippen molar-refractivity contribution in [3.8, 4) is 0 Å². The molecule has 2 rings (SSSR count). The van der Waals surface area contributed by atoms with Crippen LogP contribution in [0.2, 0.25) is 0 Å². The van der Waals surface area contributed by atoms with Crippen molar-refractivity contribution in [3.63, 3.8) is 0 Å². The Labute approximate surface area is 117 Å². The van der Waals surface area contributed by atoms with Crippen molar-refractivity contribution in [1.29, 1.82) is 0 Å². The standard InChI is InChI=1S/C15H18N2O3/c1-3-17(9-14(19)20)13(18)7-11-8-16-12-6-4-5-10(2)15(11)12/h4-6,8,16H,3,7,9H2,1-2H3,(H,19,20). The lowest BCUT2D eigenvalue weighted by atomic mass is 10.0. The lowest BCUT2D eigenvalue weighted by molar-refractivity contribution is -0.144. The van der Waals surface area contributed by atoms with E-state index in [0.29, 0.717) is 6.54 Å². The fourth-order valence-electron chi connectivity index (χ4n) is 2.41. The molecule has 1 aromatic heterocycles. The van der Waals surface area contributed by atoms with Crippen LogP contribution < -0.4 is 0 Å². The monoisotopic (exact) mass is 274 g/mol. The number of aromatic amines is 1. The van der Waals surface area contributed by atoms with E-state index in [1.807, 2.05) is 31.3 Å². The minimum Gasteiger partial charge on any atom is -0.480 e. The zero-order valence-corrected chi connectivity index (χ0v) is 11.6. The fraction of sp³-hybridized carbons (Fsp3) is 0.333. The van der Waals surface area contributed by atoms with Gasteiger partial charge in [-0.1, -0.05) is 12.1 Å². The number of carbonyl (C=O) groups excluding carboxylic acids is 1. The van der Waals surface area contributed by atoms with Gasteiger partial charge in [-0.3, -0.25) is 9.59 Å². The molecule has 0 unspecified atom stereocenters. The van der Waals surface area contributed by atoms with E-state index in [9.17, 15) is 9.59 Å². The summed E-state index contributed by atoms with van der Waals surface area (Å²) in [6, 6.07) is 5.92. The number of H-pyrrole nitrogens is 1. The summed E-state index contributed by atoms with van der Waals surface area (Å²) in [5, 5.41) is 9.85. The molecular weight excluding hydrogens is 256 g/mol. The van der Waals surface area contributed by atoms with Gasteiger partial charge in [-0.05, 0) is 31.0 Å². The Bertz CT molecular complexity index is 646. The summed E-state index contributed by atoms with van der Waals surface area (Å²) in [5.74, 6) is -1.16. The number of nitrogens with zero attached hydrogens (tertiary/aromatic N) is 1. The van der Waals surface area contributed by atoms with Gasteiger partial charge in [-0.15, -0.1) is 0 Å². The molecule has 5 nitrogen and oxygen atoms in total. The number of aromatic nitrogens is 1. The van der Waals surface area contributed by atoms with Crippen LogP contribution in [0.4, 0.5) is 0 Å². The molecule has 0 saturated heterocycles. The second-order valence-electron chi connectivity index (χ2n) is 4.79. The summed E-state index contributed by atoms with van der Waals surface area (Å²) in [6.07, 6.45) is 2.04. The first kappa shape index (κ1) is 14.1. The van der Waals surface area contributed by atoms with Gasteiger partial charge in [0.15, 0.2) is 0 Å². The van der Waals surface area contributed by atoms with Crippen molar-refractivity contribution in [2.45, 2.75) is 20.3 Å². The molecule has 106 valence electrons. The predicted octanol–water partition coefficient (Wildman–Crippen LogP) is 1.95. The van der Waals surface area contributed by atoms with Gasteiger partial charge in [0.2, 0.25) is 5.91 Å². The molecule has 5 heteroatoms. The van der Waals surface area contributed by atoms with Gasteiger partial charge < -0.3 is 15.0 Å². The summed E-state index contributed by atoms with van der Waals surface area (Å²) >= 11 is 0. The van der Waals surface area contributed by atoms with Crippen LogP contribution in [0.25, 0.3) is 10.9 Å². The predicted molar refractivity (Wildman–Crippen MR) is 76.6 cm³/mol. The summed E-state index contributed by atoms with van der Waals surface area (Å²) < 4.78 is 0. The van der Waals surface area contributed by atoms with Crippen LogP contribution in [-0.2, 0) is 16.0 Å². The van der Waals surface area contributed by atoms with Gasteiger partial charge in [0.25, 0.3) is 0 Å². The Morgan fingerprint density at radius 3 is 2.75 bits per heavy atom. The fourth-order valence-corrected chi connectivity index (χ4v) is 2.41. The molecule has 0 aliphatic rings. The van der Waals surface area contributed by atoms with Crippen LogP contribution in [0.1, 0.15) is 18.1 Å². The number of nitrogens with one attached hydrogen (secondary N) is 1. The number of aliphatic carboxylic acids is 1. The average molecular weight is 274 g/mol. The molecule has 1 aromatic carbocycles. The molecule has 1 amide bonds. The smallest absolute Gasteiger partial charge is 0.323 e. The van der Waals surface area contributed by atoms with Crippen LogP contribution in [-0.4, -0.2) is 40.0 Å². The maximum atomic E-state index is 12.2. The zero-order valence-electron chi connectivity index (χ0n) is 11.6. The highest BCUT2D eigenvalue weighted by Gasteiger charge is 2.17. The largest absolute Gasteiger partial charge is 0.480 e. The number of carboxylic acids is 1. The first-order valence-corrected chi connectivity index (χ1v) is 6.58. The Morgan fingerprint density at radius 2 is 2.10 bits per heavy atom. The second kappa shape index (κ2) is 5.77. The molecule has 2 aromatic rings. The van der Waals surface area contributed by atoms with Gasteiger partial charge >= 0.3 is 5.97 Å². The van der Waals surface area contributed by atoms with Crippen LogP contribution in [0.5, 0.6) is 0 Å². The van der Waals surface area contributed by atoms with Gasteiger partial charge in [0.1, 0.15) is 6.54 Å². The molecule has 1 heterocycles. The maximum absolute atomic E-state index is 12.2. The van der Waals surface area contributed by atoms with Crippen LogP contribution in [0, 0.1) is 6.92 Å². The number of hydrogen-bond acceptors (Lipinski definition) is 2. The number of carbonyl (C=O) groups is 2. The van der Waals surface area contributed by atoms with E-state index in [0.717, 1.165) is 22.0 Å². The van der Waals surface area contributed by atoms with Gasteiger partial charge in [0, 0.05) is 23.6 Å². The molecule has 0 saturated carbocycles. The molecule has 0 spiro atoms. The van der Waals surface area contributed by atoms with E-state index >= 15 is 0 Å². The number of fused-ring (bicyclic) bond motifs is 1. The Balaban J connectivity index is 2.23. The van der Waals surface area contributed by atoms with Gasteiger partial charge in [-0.2, -0.15) is 0 Å². The van der Waals surface area contributed by atoms with Crippen molar-refractivity contribution in [2.24, 2.45) is 0 Å². The second-order valence-corrected chi connectivity index (χ2v) is 4.79. The molecule has 2 N–H and O–H groups in total. The van der Waals surface area contributed by atoms with E-state index in [1.165, 1.54) is 4.90 Å². The summed E-state index contributed by atoms with van der Waals surface area (Å²) in [7, 11) is 0. The molecule has 0 aliphatic carbocycles. The molecule has 0 aliphatic heterocycles. The first-order valence-electron chi connectivity index (χ1n) is 6.58. The molecule has 0 atom stereocenters. The van der Waals surface area contributed by atoms with E-state index in [-0.39, 0.29) is 18.9 Å². The normalized spacial score (nSPS) is 10.7. The Hall–Kier alpha value is -2.30. The number of aryl methyl sites for hydroxylation is 1. The lowest BCUT2D eigenvalue weighted by Crippen LogP contribution is -2.36. The maximum Gasteiger partial charge on any atom is 0.323 e. The third-order valence-electron chi connectivity index (χ3n) is 3.40. The Kier molecular flexibility index (Phi) is 4.08. The van der Waals surface area contributed by atoms with Crippen LogP contribution in [0.3, 0.4) is 0 Å². The van der Waals surface area contributed by atoms with Crippen LogP contribution in [0.15, 0.2) is 24.4 Å². The minimum absolute atomic E-state index is 0.168. The van der Waals surface area contributed by atoms with Crippen molar-refractivity contribution in [2.75, 3.05) is 13.1 Å². The highest BCUT2D eigenvalue weighted by atomic mass is 16.4. The van der Waals surface area contributed by atoms with Crippen molar-refractivity contribution >= 4 is 22.8 Å². The number of benzene rings is 1. The van der Waals surface area contributed by atoms with Gasteiger partial charge in [-0.25, -0.2) is 0 Å². The van der Waals surface area contributed by atoms with Crippen LogP contribution >= 0.6 is 0 Å². The molecule has 0 bridgehead atoms. The molecule has 0 radical (unpaired) electrons. The number of amides is 1. The third kappa shape index (κ3) is 2.82. The summed E-state index contributed by atoms with van der Waals surface area (Å²) in [4.78, 5) is 27.4. The van der Waals surface area contributed by atoms with E-state index in [2.05, 4.69) is 4.98 Å². The molecular formula is C15H18N2O3. The zero-order chi connectivity index (χ0) is 14.7. The molecule has 0 fully saturated rings. The van der Waals surface area contributed by atoms with E-state index in [4.69, 9.17) is 5.11 Å². The number of likely N-dealkylation sites (N-methyl/N-ethyl adjacent to an activating group) is 1. The highest BCUT2D eigenvalue weighted by molar-refractivity contribution is 5.91. The first-order chi connectivity index (χ1) is 9.52. The summed E-state index contributed by atoms with van der Waals surface area (Å²) in [5.41, 5.74) is 3.01.